The van der Waals surface area contributed by atoms with Gasteiger partial charge < -0.3 is 30.2 Å². The third kappa shape index (κ3) is 6.42. The summed E-state index contributed by atoms with van der Waals surface area (Å²) in [7, 11) is 0. The Bertz CT molecular complexity index is 1400. The predicted octanol–water partition coefficient (Wildman–Crippen LogP) is 7.80. The summed E-state index contributed by atoms with van der Waals surface area (Å²) in [5.74, 6) is 2.75. The van der Waals surface area contributed by atoms with E-state index in [0.717, 1.165) is 90.2 Å². The van der Waals surface area contributed by atoms with Gasteiger partial charge in [0.25, 0.3) is 0 Å². The molecule has 4 aliphatic rings. The predicted molar refractivity (Wildman–Crippen MR) is 173 cm³/mol. The van der Waals surface area contributed by atoms with Crippen molar-refractivity contribution in [3.05, 3.63) is 101 Å². The number of aromatic nitrogens is 3. The molecule has 0 aliphatic carbocycles. The van der Waals surface area contributed by atoms with Gasteiger partial charge in [0.15, 0.2) is 5.76 Å². The van der Waals surface area contributed by atoms with Gasteiger partial charge >= 0.3 is 0 Å². The highest BCUT2D eigenvalue weighted by molar-refractivity contribution is 5.75. The van der Waals surface area contributed by atoms with Crippen LogP contribution < -0.4 is 10.6 Å². The van der Waals surface area contributed by atoms with E-state index in [2.05, 4.69) is 94.9 Å². The lowest BCUT2D eigenvalue weighted by atomic mass is 10.0. The highest BCUT2D eigenvalue weighted by Gasteiger charge is 2.27. The monoisotopic (exact) mass is 568 g/mol. The quantitative estimate of drug-likeness (QED) is 0.296. The van der Waals surface area contributed by atoms with Crippen LogP contribution in [0.2, 0.25) is 0 Å². The first kappa shape index (κ1) is 29.9. The Morgan fingerprint density at radius 1 is 1.02 bits per heavy atom. The van der Waals surface area contributed by atoms with Crippen LogP contribution in [0.3, 0.4) is 0 Å². The second-order valence-electron chi connectivity index (χ2n) is 11.1. The summed E-state index contributed by atoms with van der Waals surface area (Å²) in [5, 5.41) is 7.14. The van der Waals surface area contributed by atoms with Gasteiger partial charge in [0.05, 0.1) is 29.3 Å². The Morgan fingerprint density at radius 2 is 1.81 bits per heavy atom. The number of nitrogens with one attached hydrogen (secondary N) is 4. The molecule has 2 aromatic heterocycles. The third-order valence-corrected chi connectivity index (χ3v) is 8.48. The van der Waals surface area contributed by atoms with Crippen LogP contribution >= 0.6 is 0 Å². The zero-order chi connectivity index (χ0) is 29.5. The van der Waals surface area contributed by atoms with Gasteiger partial charge in [0, 0.05) is 29.5 Å². The molecule has 1 unspecified atom stereocenters. The number of allylic oxidation sites excluding steroid dienone is 9. The Hall–Kier alpha value is -3.55. The largest absolute Gasteiger partial charge is 0.453 e. The van der Waals surface area contributed by atoms with Crippen molar-refractivity contribution in [1.82, 2.24) is 30.5 Å². The van der Waals surface area contributed by atoms with Crippen LogP contribution in [-0.2, 0) is 4.74 Å². The Kier molecular flexibility index (Phi) is 10.0. The maximum Gasteiger partial charge on any atom is 0.151 e. The summed E-state index contributed by atoms with van der Waals surface area (Å²) < 4.78 is 6.73. The number of hydrogen-bond acceptors (Lipinski definition) is 5. The summed E-state index contributed by atoms with van der Waals surface area (Å²) in [4.78, 5) is 14.4. The summed E-state index contributed by atoms with van der Waals surface area (Å²) in [6.07, 6.45) is 21.9. The molecule has 2 aromatic rings. The van der Waals surface area contributed by atoms with E-state index in [9.17, 15) is 0 Å². The van der Waals surface area contributed by atoms with Crippen LogP contribution in [0.25, 0.3) is 11.1 Å². The van der Waals surface area contributed by atoms with Gasteiger partial charge in [0.2, 0.25) is 0 Å². The highest BCUT2D eigenvalue weighted by atomic mass is 16.5. The average molecular weight is 569 g/mol. The third-order valence-electron chi connectivity index (χ3n) is 8.48. The van der Waals surface area contributed by atoms with Crippen molar-refractivity contribution < 1.29 is 4.74 Å². The number of fused-ring (bicyclic) bond motifs is 1. The molecule has 4 N–H and O–H groups in total. The fourth-order valence-corrected chi connectivity index (χ4v) is 6.22. The molecule has 42 heavy (non-hydrogen) atoms. The normalized spacial score (nSPS) is 27.0. The molecule has 6 rings (SSSR count). The summed E-state index contributed by atoms with van der Waals surface area (Å²) in [6, 6.07) is 5.13. The van der Waals surface area contributed by atoms with E-state index in [1.807, 2.05) is 20.0 Å². The van der Waals surface area contributed by atoms with Crippen molar-refractivity contribution in [2.45, 2.75) is 85.2 Å². The Labute approximate surface area is 251 Å². The molecule has 7 heteroatoms. The van der Waals surface area contributed by atoms with Gasteiger partial charge in [-0.1, -0.05) is 38.2 Å². The van der Waals surface area contributed by atoms with E-state index in [0.29, 0.717) is 12.1 Å². The lowest BCUT2D eigenvalue weighted by molar-refractivity contribution is 0.242. The van der Waals surface area contributed by atoms with E-state index < -0.39 is 0 Å². The van der Waals surface area contributed by atoms with Gasteiger partial charge in [-0.3, -0.25) is 0 Å². The fourth-order valence-electron chi connectivity index (χ4n) is 6.22. The van der Waals surface area contributed by atoms with E-state index in [1.54, 1.807) is 0 Å². The van der Waals surface area contributed by atoms with Crippen molar-refractivity contribution in [1.29, 1.82) is 0 Å². The molecule has 4 aliphatic heterocycles. The molecular weight excluding hydrogens is 520 g/mol. The fraction of sp³-hybridized carbons (Fsp3) is 0.457. The molecule has 0 amide bonds. The number of nitrogens with zero attached hydrogens (tertiary/aromatic N) is 2. The zero-order valence-corrected chi connectivity index (χ0v) is 26.0. The second kappa shape index (κ2) is 14.1. The van der Waals surface area contributed by atoms with Crippen LogP contribution in [0.5, 0.6) is 0 Å². The number of H-pyrrole nitrogens is 2. The molecule has 2 fully saturated rings. The molecule has 2 atom stereocenters. The van der Waals surface area contributed by atoms with E-state index in [4.69, 9.17) is 9.72 Å². The van der Waals surface area contributed by atoms with E-state index in [1.165, 1.54) is 25.0 Å². The van der Waals surface area contributed by atoms with Gasteiger partial charge in [-0.05, 0) is 102 Å². The second-order valence-corrected chi connectivity index (χ2v) is 11.1. The molecule has 224 valence electrons. The van der Waals surface area contributed by atoms with Gasteiger partial charge in [-0.25, -0.2) is 4.98 Å². The number of imidazole rings is 1. The minimum atomic E-state index is 0.309. The number of aromatic amines is 2. The first-order valence-corrected chi connectivity index (χ1v) is 15.9. The highest BCUT2D eigenvalue weighted by Crippen LogP contribution is 2.36. The van der Waals surface area contributed by atoms with Gasteiger partial charge in [-0.2, -0.15) is 0 Å². The molecule has 2 saturated heterocycles. The summed E-state index contributed by atoms with van der Waals surface area (Å²) >= 11 is 0. The Balaban J connectivity index is 0.00000173. The maximum absolute atomic E-state index is 6.73. The number of rotatable bonds is 5. The van der Waals surface area contributed by atoms with Crippen LogP contribution in [0.15, 0.2) is 77.7 Å². The smallest absolute Gasteiger partial charge is 0.151 e. The zero-order valence-electron chi connectivity index (χ0n) is 26.0. The van der Waals surface area contributed by atoms with Crippen LogP contribution in [0, 0.1) is 0 Å². The van der Waals surface area contributed by atoms with Crippen LogP contribution in [0.1, 0.15) is 108 Å². The molecule has 2 bridgehead atoms. The summed E-state index contributed by atoms with van der Waals surface area (Å²) in [5.41, 5.74) is 7.84. The van der Waals surface area contributed by atoms with E-state index >= 15 is 0 Å². The summed E-state index contributed by atoms with van der Waals surface area (Å²) in [6.45, 7) is 13.4. The molecular formula is C35H48N6O. The molecule has 0 aromatic carbocycles. The van der Waals surface area contributed by atoms with Crippen molar-refractivity contribution in [2.24, 2.45) is 0 Å². The first-order chi connectivity index (χ1) is 20.6. The lowest BCUT2D eigenvalue weighted by Gasteiger charge is -2.35. The van der Waals surface area contributed by atoms with Crippen molar-refractivity contribution >= 4 is 11.1 Å². The van der Waals surface area contributed by atoms with Gasteiger partial charge in [0.1, 0.15) is 11.6 Å². The molecule has 6 heterocycles. The molecule has 0 spiro atoms. The van der Waals surface area contributed by atoms with Crippen molar-refractivity contribution in [2.75, 3.05) is 19.6 Å². The van der Waals surface area contributed by atoms with Crippen LogP contribution in [0.4, 0.5) is 0 Å². The molecule has 0 saturated carbocycles. The Morgan fingerprint density at radius 3 is 2.52 bits per heavy atom. The van der Waals surface area contributed by atoms with Crippen molar-refractivity contribution in [3.8, 4) is 0 Å². The van der Waals surface area contributed by atoms with Crippen molar-refractivity contribution in [3.63, 3.8) is 0 Å². The lowest BCUT2D eigenvalue weighted by Crippen LogP contribution is -2.29. The SMILES string of the molecule is CC.C\C=C(/C=C1/OC2=C(C)N(CCC/C=C/C(c3cnc(C4CCCN4)[nH]3)=C\2)/C1=C/C)c1ccc([C@@H]2CCCN2)[nH]1. The van der Waals surface area contributed by atoms with Gasteiger partial charge in [-0.15, -0.1) is 0 Å². The van der Waals surface area contributed by atoms with Crippen LogP contribution in [-0.4, -0.2) is 39.5 Å². The first-order valence-electron chi connectivity index (χ1n) is 15.9. The minimum Gasteiger partial charge on any atom is -0.453 e. The standard InChI is InChI=1S/C33H42N6O.C2H6/c1-4-23(25-14-15-27(37-25)26-12-9-16-34-26)19-32-30(5-2)39-18-8-6-7-11-24(20-31(40-32)22(39)3)29-21-36-33(38-29)28-13-10-17-35-28;1-2/h4-5,7,11,14-15,19-21,26,28,34-35,37H,6,8-10,12-13,16-18H2,1-3H3,(H,36,38);1-2H3/b11-7+,23-4+,24-20+,30-5+,32-19+;/t26-,28?;/m0./s1. The maximum atomic E-state index is 6.73. The molecule has 0 radical (unpaired) electrons. The minimum absolute atomic E-state index is 0.309. The number of ether oxygens (including phenoxy) is 1. The number of hydrogen-bond donors (Lipinski definition) is 4. The molecule has 7 nitrogen and oxygen atoms in total. The topological polar surface area (TPSA) is 81.0 Å². The van der Waals surface area contributed by atoms with E-state index in [-0.39, 0.29) is 0 Å². The average Bonchev–Trinajstić information content (AvgIpc) is 3.83.